The molecule has 1 aromatic heterocycles. The van der Waals surface area contributed by atoms with Crippen molar-refractivity contribution in [3.63, 3.8) is 0 Å². The lowest BCUT2D eigenvalue weighted by Crippen LogP contribution is -2.20. The second kappa shape index (κ2) is 7.20. The summed E-state index contributed by atoms with van der Waals surface area (Å²) in [5.41, 5.74) is 13.6. The van der Waals surface area contributed by atoms with Crippen molar-refractivity contribution in [1.82, 2.24) is 4.98 Å². The molecular weight excluding hydrogens is 320 g/mol. The molecule has 0 radical (unpaired) electrons. The van der Waals surface area contributed by atoms with Gasteiger partial charge in [-0.05, 0) is 30.2 Å². The van der Waals surface area contributed by atoms with Crippen LogP contribution in [0.1, 0.15) is 23.5 Å². The Morgan fingerprint density at radius 1 is 1.44 bits per heavy atom. The number of hydrogen-bond acceptors (Lipinski definition) is 6. The van der Waals surface area contributed by atoms with Crippen LogP contribution in [0.25, 0.3) is 11.3 Å². The first kappa shape index (κ1) is 16.7. The first-order valence-corrected chi connectivity index (χ1v) is 7.89. The number of nitrogens with zero attached hydrogens (tertiary/aromatic N) is 2. The number of carbonyl (C=O) groups excluding carboxylic acids is 1. The number of primary amides is 1. The van der Waals surface area contributed by atoms with Crippen LogP contribution < -0.4 is 16.2 Å². The molecule has 0 spiro atoms. The van der Waals surface area contributed by atoms with E-state index in [9.17, 15) is 10.1 Å². The maximum absolute atomic E-state index is 11.0. The molecule has 7 nitrogen and oxygen atoms in total. The van der Waals surface area contributed by atoms with Crippen molar-refractivity contribution in [3.8, 4) is 23.1 Å². The molecule has 1 amide bonds. The van der Waals surface area contributed by atoms with E-state index in [1.807, 2.05) is 18.2 Å². The maximum Gasteiger partial charge on any atom is 0.255 e. The molecule has 0 saturated carbocycles. The summed E-state index contributed by atoms with van der Waals surface area (Å²) in [6, 6.07) is 11.2. The van der Waals surface area contributed by atoms with Crippen molar-refractivity contribution in [2.24, 2.45) is 5.73 Å². The zero-order chi connectivity index (χ0) is 17.8. The van der Waals surface area contributed by atoms with Crippen molar-refractivity contribution < 1.29 is 14.3 Å². The summed E-state index contributed by atoms with van der Waals surface area (Å²) in [6.07, 6.45) is 0.831. The van der Waals surface area contributed by atoms with Gasteiger partial charge in [0.2, 0.25) is 0 Å². The average Bonchev–Trinajstić information content (AvgIpc) is 3.14. The molecule has 1 fully saturated rings. The Bertz CT molecular complexity index is 839. The molecule has 3 rings (SSSR count). The third-order valence-electron chi connectivity index (χ3n) is 4.09. The molecule has 1 atom stereocenters. The Morgan fingerprint density at radius 2 is 2.24 bits per heavy atom. The number of nitrogen functional groups attached to an aromatic ring is 1. The van der Waals surface area contributed by atoms with Crippen LogP contribution in [0.3, 0.4) is 0 Å². The zero-order valence-corrected chi connectivity index (χ0v) is 13.6. The van der Waals surface area contributed by atoms with E-state index in [-0.39, 0.29) is 18.3 Å². The minimum Gasteiger partial charge on any atom is -0.483 e. The van der Waals surface area contributed by atoms with Gasteiger partial charge in [-0.15, -0.1) is 0 Å². The van der Waals surface area contributed by atoms with Crippen molar-refractivity contribution in [2.75, 3.05) is 25.6 Å². The molecule has 1 aliphatic rings. The summed E-state index contributed by atoms with van der Waals surface area (Å²) >= 11 is 0. The van der Waals surface area contributed by atoms with E-state index >= 15 is 0 Å². The molecule has 2 aromatic rings. The van der Waals surface area contributed by atoms with Crippen LogP contribution in [-0.2, 0) is 9.53 Å². The van der Waals surface area contributed by atoms with Gasteiger partial charge < -0.3 is 20.9 Å². The van der Waals surface area contributed by atoms with E-state index in [1.165, 1.54) is 0 Å². The van der Waals surface area contributed by atoms with E-state index in [4.69, 9.17) is 20.9 Å². The smallest absolute Gasteiger partial charge is 0.255 e. The Balaban J connectivity index is 2.06. The summed E-state index contributed by atoms with van der Waals surface area (Å²) < 4.78 is 10.9. The number of pyridine rings is 1. The fourth-order valence-corrected chi connectivity index (χ4v) is 2.90. The molecule has 128 valence electrons. The number of carbonyl (C=O) groups is 1. The Labute approximate surface area is 145 Å². The number of ether oxygens (including phenoxy) is 2. The number of rotatable bonds is 5. The molecule has 25 heavy (non-hydrogen) atoms. The standard InChI is InChI=1S/C18H18N4O3/c19-8-14-13(11-5-6-24-9-11)7-15(22-18(14)21)12-3-1-2-4-16(12)25-10-17(20)23/h1-4,7,11H,5-6,9-10H2,(H2,20,23)(H2,21,22). The first-order chi connectivity index (χ1) is 12.1. The highest BCUT2D eigenvalue weighted by Gasteiger charge is 2.24. The largest absolute Gasteiger partial charge is 0.483 e. The lowest BCUT2D eigenvalue weighted by Gasteiger charge is -2.15. The molecular formula is C18H18N4O3. The third-order valence-corrected chi connectivity index (χ3v) is 4.09. The van der Waals surface area contributed by atoms with Crippen LogP contribution in [0.2, 0.25) is 0 Å². The molecule has 0 bridgehead atoms. The van der Waals surface area contributed by atoms with E-state index in [1.54, 1.807) is 12.1 Å². The monoisotopic (exact) mass is 338 g/mol. The Kier molecular flexibility index (Phi) is 4.82. The number of anilines is 1. The van der Waals surface area contributed by atoms with Crippen LogP contribution in [0.5, 0.6) is 5.75 Å². The molecule has 1 aromatic carbocycles. The molecule has 1 saturated heterocycles. The van der Waals surface area contributed by atoms with Gasteiger partial charge in [0.1, 0.15) is 17.6 Å². The molecule has 0 aliphatic carbocycles. The fraction of sp³-hybridized carbons (Fsp3) is 0.278. The van der Waals surface area contributed by atoms with Crippen molar-refractivity contribution in [1.29, 1.82) is 5.26 Å². The van der Waals surface area contributed by atoms with Crippen molar-refractivity contribution in [2.45, 2.75) is 12.3 Å². The number of nitrogens with two attached hydrogens (primary N) is 2. The lowest BCUT2D eigenvalue weighted by atomic mass is 9.93. The van der Waals surface area contributed by atoms with Crippen LogP contribution in [-0.4, -0.2) is 30.7 Å². The predicted molar refractivity (Wildman–Crippen MR) is 91.7 cm³/mol. The summed E-state index contributed by atoms with van der Waals surface area (Å²) in [6.45, 7) is 0.981. The van der Waals surface area contributed by atoms with Gasteiger partial charge in [0.05, 0.1) is 17.9 Å². The number of amides is 1. The number of hydrogen-bond donors (Lipinski definition) is 2. The highest BCUT2D eigenvalue weighted by atomic mass is 16.5. The van der Waals surface area contributed by atoms with Crippen LogP contribution >= 0.6 is 0 Å². The topological polar surface area (TPSA) is 124 Å². The van der Waals surface area contributed by atoms with Gasteiger partial charge in [-0.1, -0.05) is 12.1 Å². The normalized spacial score (nSPS) is 16.4. The van der Waals surface area contributed by atoms with Gasteiger partial charge >= 0.3 is 0 Å². The van der Waals surface area contributed by atoms with E-state index in [2.05, 4.69) is 11.1 Å². The summed E-state index contributed by atoms with van der Waals surface area (Å²) in [5.74, 6) is 0.196. The highest BCUT2D eigenvalue weighted by Crippen LogP contribution is 2.35. The summed E-state index contributed by atoms with van der Waals surface area (Å²) in [4.78, 5) is 15.4. The van der Waals surface area contributed by atoms with Crippen molar-refractivity contribution >= 4 is 11.7 Å². The SMILES string of the molecule is N#Cc1c(C2CCOC2)cc(-c2ccccc2OCC(N)=O)nc1N. The second-order valence-electron chi connectivity index (χ2n) is 5.78. The van der Waals surface area contributed by atoms with Gasteiger partial charge in [-0.25, -0.2) is 4.98 Å². The molecule has 7 heteroatoms. The van der Waals surface area contributed by atoms with E-state index < -0.39 is 5.91 Å². The molecule has 1 aliphatic heterocycles. The number of aromatic nitrogens is 1. The summed E-state index contributed by atoms with van der Waals surface area (Å²) in [7, 11) is 0. The van der Waals surface area contributed by atoms with E-state index in [0.29, 0.717) is 35.8 Å². The van der Waals surface area contributed by atoms with Gasteiger partial charge in [0, 0.05) is 18.1 Å². The van der Waals surface area contributed by atoms with Gasteiger partial charge in [0.25, 0.3) is 5.91 Å². The van der Waals surface area contributed by atoms with Crippen LogP contribution in [0, 0.1) is 11.3 Å². The minimum absolute atomic E-state index is 0.109. The molecule has 1 unspecified atom stereocenters. The minimum atomic E-state index is -0.564. The number of nitriles is 1. The molecule has 2 heterocycles. The zero-order valence-electron chi connectivity index (χ0n) is 13.6. The quantitative estimate of drug-likeness (QED) is 0.852. The van der Waals surface area contributed by atoms with Crippen LogP contribution in [0.15, 0.2) is 30.3 Å². The summed E-state index contributed by atoms with van der Waals surface area (Å²) in [5, 5.41) is 9.43. The number of benzene rings is 1. The Hall–Kier alpha value is -3.11. The van der Waals surface area contributed by atoms with Gasteiger partial charge in [-0.2, -0.15) is 5.26 Å². The predicted octanol–water partition coefficient (Wildman–Crippen LogP) is 1.57. The van der Waals surface area contributed by atoms with Gasteiger partial charge in [0.15, 0.2) is 6.61 Å². The Morgan fingerprint density at radius 3 is 2.92 bits per heavy atom. The highest BCUT2D eigenvalue weighted by molar-refractivity contribution is 5.76. The number of para-hydroxylation sites is 1. The lowest BCUT2D eigenvalue weighted by molar-refractivity contribution is -0.119. The third kappa shape index (κ3) is 3.54. The average molecular weight is 338 g/mol. The second-order valence-corrected chi connectivity index (χ2v) is 5.78. The maximum atomic E-state index is 11.0. The fourth-order valence-electron chi connectivity index (χ4n) is 2.90. The van der Waals surface area contributed by atoms with E-state index in [0.717, 1.165) is 12.0 Å². The van der Waals surface area contributed by atoms with Gasteiger partial charge in [-0.3, -0.25) is 4.79 Å². The molecule has 4 N–H and O–H groups in total. The first-order valence-electron chi connectivity index (χ1n) is 7.89. The van der Waals surface area contributed by atoms with Crippen LogP contribution in [0.4, 0.5) is 5.82 Å². The van der Waals surface area contributed by atoms with Crippen molar-refractivity contribution in [3.05, 3.63) is 41.5 Å².